The Hall–Kier alpha value is -1.18. The second-order valence-corrected chi connectivity index (χ2v) is 6.34. The number of nitrogens with zero attached hydrogens (tertiary/aromatic N) is 2. The summed E-state index contributed by atoms with van der Waals surface area (Å²) in [4.78, 5) is 18.8. The van der Waals surface area contributed by atoms with E-state index in [2.05, 4.69) is 25.8 Å². The largest absolute Gasteiger partial charge is 0.462 e. The number of thiophene rings is 1. The quantitative estimate of drug-likeness (QED) is 0.777. The van der Waals surface area contributed by atoms with Gasteiger partial charge >= 0.3 is 5.97 Å². The fraction of sp³-hybridized carbons (Fsp3) is 0.429. The van der Waals surface area contributed by atoms with Crippen molar-refractivity contribution >= 4 is 49.1 Å². The molecule has 0 aromatic carbocycles. The molecule has 1 aliphatic heterocycles. The Bertz CT molecular complexity index is 668. The number of halogens is 1. The van der Waals surface area contributed by atoms with Crippen LogP contribution in [0, 0.1) is 0 Å². The summed E-state index contributed by atoms with van der Waals surface area (Å²) < 4.78 is 12.5. The first-order valence-electron chi connectivity index (χ1n) is 6.78. The van der Waals surface area contributed by atoms with E-state index in [1.807, 2.05) is 5.38 Å². The van der Waals surface area contributed by atoms with Crippen molar-refractivity contribution in [1.82, 2.24) is 4.98 Å². The Labute approximate surface area is 135 Å². The van der Waals surface area contributed by atoms with Crippen LogP contribution in [-0.4, -0.2) is 43.9 Å². The second kappa shape index (κ2) is 6.29. The van der Waals surface area contributed by atoms with Crippen molar-refractivity contribution in [2.45, 2.75) is 6.92 Å². The summed E-state index contributed by atoms with van der Waals surface area (Å²) in [7, 11) is 0. The molecule has 21 heavy (non-hydrogen) atoms. The summed E-state index contributed by atoms with van der Waals surface area (Å²) in [6.07, 6.45) is 1.61. The summed E-state index contributed by atoms with van der Waals surface area (Å²) in [5.41, 5.74) is 2.33. The van der Waals surface area contributed by atoms with Crippen LogP contribution in [0.15, 0.2) is 16.0 Å². The van der Waals surface area contributed by atoms with Crippen LogP contribution in [0.1, 0.15) is 17.3 Å². The molecule has 0 bridgehead atoms. The predicted octanol–water partition coefficient (Wildman–Crippen LogP) is 3.07. The molecule has 0 unspecified atom stereocenters. The Balaban J connectivity index is 2.14. The number of fused-ring (bicyclic) bond motifs is 1. The van der Waals surface area contributed by atoms with E-state index in [9.17, 15) is 4.79 Å². The van der Waals surface area contributed by atoms with E-state index in [4.69, 9.17) is 9.47 Å². The van der Waals surface area contributed by atoms with Gasteiger partial charge in [0.1, 0.15) is 5.56 Å². The maximum Gasteiger partial charge on any atom is 0.341 e. The van der Waals surface area contributed by atoms with Gasteiger partial charge in [0.15, 0.2) is 0 Å². The van der Waals surface area contributed by atoms with Crippen LogP contribution in [0.3, 0.4) is 0 Å². The number of hydrogen-bond acceptors (Lipinski definition) is 6. The molecule has 3 rings (SSSR count). The Morgan fingerprint density at radius 2 is 2.29 bits per heavy atom. The molecular formula is C14H15BrN2O3S. The molecule has 5 nitrogen and oxygen atoms in total. The first kappa shape index (κ1) is 14.7. The summed E-state index contributed by atoms with van der Waals surface area (Å²) in [6, 6.07) is 0. The van der Waals surface area contributed by atoms with E-state index in [1.165, 1.54) is 0 Å². The number of pyridine rings is 1. The number of morpholine rings is 1. The number of ether oxygens (including phenoxy) is 2. The summed E-state index contributed by atoms with van der Waals surface area (Å²) >= 11 is 5.09. The Morgan fingerprint density at radius 1 is 1.52 bits per heavy atom. The van der Waals surface area contributed by atoms with Gasteiger partial charge in [-0.15, -0.1) is 11.3 Å². The molecule has 2 aromatic heterocycles. The highest BCUT2D eigenvalue weighted by Crippen LogP contribution is 2.38. The molecule has 7 heteroatoms. The van der Waals surface area contributed by atoms with E-state index in [1.54, 1.807) is 24.5 Å². The Kier molecular flexibility index (Phi) is 4.42. The summed E-state index contributed by atoms with van der Waals surface area (Å²) in [5, 5.41) is 2.00. The standard InChI is InChI=1S/C14H15BrN2O3S/c1-2-20-14(18)9-7-16-11-10(15)8-21-13(11)12(9)17-3-5-19-6-4-17/h7-8H,2-6H2,1H3. The summed E-state index contributed by atoms with van der Waals surface area (Å²) in [5.74, 6) is -0.321. The van der Waals surface area contributed by atoms with Crippen LogP contribution in [0.4, 0.5) is 5.69 Å². The van der Waals surface area contributed by atoms with Gasteiger partial charge in [0, 0.05) is 24.7 Å². The highest BCUT2D eigenvalue weighted by molar-refractivity contribution is 9.10. The van der Waals surface area contributed by atoms with E-state index in [0.29, 0.717) is 25.4 Å². The van der Waals surface area contributed by atoms with Crippen molar-refractivity contribution in [1.29, 1.82) is 0 Å². The molecule has 1 fully saturated rings. The fourth-order valence-corrected chi connectivity index (χ4v) is 4.06. The molecule has 112 valence electrons. The van der Waals surface area contributed by atoms with Crippen LogP contribution >= 0.6 is 27.3 Å². The van der Waals surface area contributed by atoms with Crippen molar-refractivity contribution in [3.63, 3.8) is 0 Å². The Morgan fingerprint density at radius 3 is 3.00 bits per heavy atom. The van der Waals surface area contributed by atoms with Crippen LogP contribution in [0.5, 0.6) is 0 Å². The smallest absolute Gasteiger partial charge is 0.341 e. The molecule has 0 N–H and O–H groups in total. The third kappa shape index (κ3) is 2.77. The summed E-state index contributed by atoms with van der Waals surface area (Å²) in [6.45, 7) is 5.02. The minimum Gasteiger partial charge on any atom is -0.462 e. The third-order valence-electron chi connectivity index (χ3n) is 3.34. The van der Waals surface area contributed by atoms with Gasteiger partial charge in [-0.1, -0.05) is 0 Å². The lowest BCUT2D eigenvalue weighted by atomic mass is 10.2. The average Bonchev–Trinajstić information content (AvgIpc) is 2.89. The number of hydrogen-bond donors (Lipinski definition) is 0. The molecule has 0 spiro atoms. The fourth-order valence-electron chi connectivity index (χ4n) is 2.39. The lowest BCUT2D eigenvalue weighted by Gasteiger charge is -2.30. The maximum atomic E-state index is 12.2. The normalized spacial score (nSPS) is 15.4. The van der Waals surface area contributed by atoms with Gasteiger partial charge in [0.2, 0.25) is 0 Å². The average molecular weight is 371 g/mol. The molecule has 0 aliphatic carbocycles. The molecule has 0 atom stereocenters. The third-order valence-corrected chi connectivity index (χ3v) is 5.22. The first-order valence-corrected chi connectivity index (χ1v) is 8.45. The van der Waals surface area contributed by atoms with E-state index >= 15 is 0 Å². The van der Waals surface area contributed by atoms with Crippen molar-refractivity contribution in [3.05, 3.63) is 21.6 Å². The van der Waals surface area contributed by atoms with Crippen LogP contribution in [0.2, 0.25) is 0 Å². The van der Waals surface area contributed by atoms with Gasteiger partial charge in [0.05, 0.1) is 40.2 Å². The van der Waals surface area contributed by atoms with Gasteiger partial charge < -0.3 is 14.4 Å². The van der Waals surface area contributed by atoms with Gasteiger partial charge in [-0.25, -0.2) is 4.79 Å². The molecule has 3 heterocycles. The molecule has 2 aromatic rings. The molecule has 0 amide bonds. The van der Waals surface area contributed by atoms with Crippen LogP contribution in [0.25, 0.3) is 10.2 Å². The number of aromatic nitrogens is 1. The highest BCUT2D eigenvalue weighted by atomic mass is 79.9. The second-order valence-electron chi connectivity index (χ2n) is 4.60. The monoisotopic (exact) mass is 370 g/mol. The zero-order chi connectivity index (χ0) is 14.8. The van der Waals surface area contributed by atoms with Gasteiger partial charge in [-0.3, -0.25) is 4.98 Å². The van der Waals surface area contributed by atoms with Crippen molar-refractivity contribution in [3.8, 4) is 0 Å². The molecule has 1 saturated heterocycles. The van der Waals surface area contributed by atoms with Crippen molar-refractivity contribution in [2.75, 3.05) is 37.8 Å². The van der Waals surface area contributed by atoms with Gasteiger partial charge in [-0.2, -0.15) is 0 Å². The predicted molar refractivity (Wildman–Crippen MR) is 86.3 cm³/mol. The molecular weight excluding hydrogens is 356 g/mol. The lowest BCUT2D eigenvalue weighted by molar-refractivity contribution is 0.0526. The van der Waals surface area contributed by atoms with E-state index in [-0.39, 0.29) is 5.97 Å². The zero-order valence-electron chi connectivity index (χ0n) is 11.6. The highest BCUT2D eigenvalue weighted by Gasteiger charge is 2.24. The van der Waals surface area contributed by atoms with Crippen LogP contribution < -0.4 is 4.90 Å². The molecule has 0 radical (unpaired) electrons. The minimum atomic E-state index is -0.321. The van der Waals surface area contributed by atoms with Crippen LogP contribution in [-0.2, 0) is 9.47 Å². The topological polar surface area (TPSA) is 51.7 Å². The van der Waals surface area contributed by atoms with E-state index < -0.39 is 0 Å². The van der Waals surface area contributed by atoms with Gasteiger partial charge in [-0.05, 0) is 22.9 Å². The number of carbonyl (C=O) groups is 1. The first-order chi connectivity index (χ1) is 10.2. The number of anilines is 1. The number of esters is 1. The van der Waals surface area contributed by atoms with E-state index in [0.717, 1.165) is 33.5 Å². The van der Waals surface area contributed by atoms with Gasteiger partial charge in [0.25, 0.3) is 0 Å². The van der Waals surface area contributed by atoms with Crippen molar-refractivity contribution in [2.24, 2.45) is 0 Å². The zero-order valence-corrected chi connectivity index (χ0v) is 14.0. The number of carbonyl (C=O) groups excluding carboxylic acids is 1. The SMILES string of the molecule is CCOC(=O)c1cnc2c(Br)csc2c1N1CCOCC1. The lowest BCUT2D eigenvalue weighted by Crippen LogP contribution is -2.37. The number of rotatable bonds is 3. The maximum absolute atomic E-state index is 12.2. The van der Waals surface area contributed by atoms with Crippen molar-refractivity contribution < 1.29 is 14.3 Å². The molecule has 1 aliphatic rings. The minimum absolute atomic E-state index is 0.321. The molecule has 0 saturated carbocycles.